The highest BCUT2D eigenvalue weighted by molar-refractivity contribution is 7.87. The molecule has 0 aromatic rings. The Bertz CT molecular complexity index is 456. The van der Waals surface area contributed by atoms with Gasteiger partial charge in [0.2, 0.25) is 0 Å². The fourth-order valence-electron chi connectivity index (χ4n) is 4.27. The smallest absolute Gasteiger partial charge is 0.195 e. The Kier molecular flexibility index (Phi) is 3.48. The van der Waals surface area contributed by atoms with Gasteiger partial charge in [-0.3, -0.25) is 0 Å². The number of rotatable bonds is 2. The van der Waals surface area contributed by atoms with Crippen molar-refractivity contribution in [3.63, 3.8) is 0 Å². The molecule has 1 N–H and O–H groups in total. The third kappa shape index (κ3) is 2.16. The average Bonchev–Trinajstić information content (AvgIpc) is 2.52. The Balaban J connectivity index is 1.88. The predicted molar refractivity (Wildman–Crippen MR) is 75.9 cm³/mol. The second kappa shape index (κ2) is 4.86. The summed E-state index contributed by atoms with van der Waals surface area (Å²) in [4.78, 5) is 0. The van der Waals surface area contributed by atoms with Gasteiger partial charge in [-0.05, 0) is 50.4 Å². The molecule has 2 fully saturated rings. The van der Waals surface area contributed by atoms with Crippen molar-refractivity contribution in [1.29, 1.82) is 0 Å². The molecule has 3 aliphatic rings. The Hall–Kier alpha value is -0.390. The van der Waals surface area contributed by atoms with Gasteiger partial charge in [0, 0.05) is 18.6 Å². The molecule has 3 rings (SSSR count). The zero-order chi connectivity index (χ0) is 13.5. The SMILES string of the molecule is CCCN1CCC2(NS1(=O)=O)C1CC=CCC2CC1. The quantitative estimate of drug-likeness (QED) is 0.789. The van der Waals surface area contributed by atoms with Gasteiger partial charge in [0.05, 0.1) is 0 Å². The molecule has 2 atom stereocenters. The van der Waals surface area contributed by atoms with Gasteiger partial charge in [-0.15, -0.1) is 0 Å². The van der Waals surface area contributed by atoms with Crippen LogP contribution in [0.2, 0.25) is 0 Å². The molecule has 0 aromatic carbocycles. The maximum absolute atomic E-state index is 12.5. The molecule has 5 heteroatoms. The van der Waals surface area contributed by atoms with E-state index in [-0.39, 0.29) is 5.54 Å². The van der Waals surface area contributed by atoms with Gasteiger partial charge in [0.25, 0.3) is 10.2 Å². The third-order valence-electron chi connectivity index (χ3n) is 5.24. The van der Waals surface area contributed by atoms with Gasteiger partial charge < -0.3 is 0 Å². The van der Waals surface area contributed by atoms with Gasteiger partial charge in [-0.2, -0.15) is 17.4 Å². The molecule has 108 valence electrons. The van der Waals surface area contributed by atoms with Crippen LogP contribution in [0, 0.1) is 11.8 Å². The summed E-state index contributed by atoms with van der Waals surface area (Å²) < 4.78 is 29.7. The van der Waals surface area contributed by atoms with Gasteiger partial charge >= 0.3 is 0 Å². The molecule has 0 aromatic heterocycles. The van der Waals surface area contributed by atoms with Gasteiger partial charge in [-0.1, -0.05) is 19.1 Å². The van der Waals surface area contributed by atoms with E-state index in [1.54, 1.807) is 4.31 Å². The molecule has 19 heavy (non-hydrogen) atoms. The summed E-state index contributed by atoms with van der Waals surface area (Å²) in [6, 6.07) is 0. The van der Waals surface area contributed by atoms with Crippen molar-refractivity contribution in [2.45, 2.75) is 51.0 Å². The highest BCUT2D eigenvalue weighted by Gasteiger charge is 2.54. The molecular formula is C14H24N2O2S. The van der Waals surface area contributed by atoms with E-state index in [0.29, 0.717) is 24.9 Å². The first-order valence-corrected chi connectivity index (χ1v) is 8.96. The van der Waals surface area contributed by atoms with Gasteiger partial charge in [-0.25, -0.2) is 0 Å². The normalized spacial score (nSPS) is 41.5. The van der Waals surface area contributed by atoms with E-state index in [1.165, 1.54) is 12.8 Å². The van der Waals surface area contributed by atoms with Crippen molar-refractivity contribution in [3.8, 4) is 0 Å². The Morgan fingerprint density at radius 3 is 2.42 bits per heavy atom. The van der Waals surface area contributed by atoms with Crippen LogP contribution in [0.1, 0.15) is 45.4 Å². The number of nitrogens with zero attached hydrogens (tertiary/aromatic N) is 1. The lowest BCUT2D eigenvalue weighted by Gasteiger charge is -2.46. The van der Waals surface area contributed by atoms with Crippen LogP contribution in [-0.4, -0.2) is 31.4 Å². The lowest BCUT2D eigenvalue weighted by Crippen LogP contribution is -2.63. The second-order valence-corrected chi connectivity index (χ2v) is 7.88. The van der Waals surface area contributed by atoms with E-state index in [1.807, 2.05) is 6.92 Å². The maximum atomic E-state index is 12.5. The summed E-state index contributed by atoms with van der Waals surface area (Å²) in [7, 11) is -3.28. The summed E-state index contributed by atoms with van der Waals surface area (Å²) in [5, 5.41) is 0. The number of hydrogen-bond acceptors (Lipinski definition) is 2. The number of allylic oxidation sites excluding steroid dienone is 2. The lowest BCUT2D eigenvalue weighted by molar-refractivity contribution is 0.166. The molecule has 1 spiro atoms. The van der Waals surface area contributed by atoms with Crippen molar-refractivity contribution in [2.24, 2.45) is 11.8 Å². The number of hydrogen-bond donors (Lipinski definition) is 1. The van der Waals surface area contributed by atoms with E-state index in [4.69, 9.17) is 0 Å². The van der Waals surface area contributed by atoms with E-state index < -0.39 is 10.2 Å². The first kappa shape index (κ1) is 13.6. The van der Waals surface area contributed by atoms with Gasteiger partial charge in [0.15, 0.2) is 0 Å². The highest BCUT2D eigenvalue weighted by Crippen LogP contribution is 2.50. The fourth-order valence-corrected chi connectivity index (χ4v) is 6.07. The molecule has 0 amide bonds. The molecule has 4 nitrogen and oxygen atoms in total. The lowest BCUT2D eigenvalue weighted by atomic mass is 9.77. The molecule has 1 saturated carbocycles. The zero-order valence-corrected chi connectivity index (χ0v) is 12.5. The van der Waals surface area contributed by atoms with Crippen LogP contribution in [0.15, 0.2) is 12.2 Å². The van der Waals surface area contributed by atoms with Crippen molar-refractivity contribution < 1.29 is 8.42 Å². The minimum Gasteiger partial charge on any atom is -0.195 e. The summed E-state index contributed by atoms with van der Waals surface area (Å²) in [6.45, 7) is 3.36. The fraction of sp³-hybridized carbons (Fsp3) is 0.857. The molecule has 1 saturated heterocycles. The van der Waals surface area contributed by atoms with Crippen LogP contribution in [0.3, 0.4) is 0 Å². The molecule has 1 heterocycles. The number of nitrogens with one attached hydrogen (secondary N) is 1. The third-order valence-corrected chi connectivity index (χ3v) is 6.92. The topological polar surface area (TPSA) is 49.4 Å². The van der Waals surface area contributed by atoms with E-state index in [0.717, 1.165) is 25.7 Å². The largest absolute Gasteiger partial charge is 0.279 e. The zero-order valence-electron chi connectivity index (χ0n) is 11.6. The standard InChI is InChI=1S/C14H24N2O2S/c1-2-10-16-11-9-14(15-19(16,17)18)12-5-3-4-6-13(14)8-7-12/h3-4,12-13,15H,2,5-11H2,1H3. The van der Waals surface area contributed by atoms with Gasteiger partial charge in [0.1, 0.15) is 0 Å². The maximum Gasteiger partial charge on any atom is 0.279 e. The second-order valence-electron chi connectivity index (χ2n) is 6.21. The summed E-state index contributed by atoms with van der Waals surface area (Å²) >= 11 is 0. The van der Waals surface area contributed by atoms with Crippen LogP contribution in [0.5, 0.6) is 0 Å². The van der Waals surface area contributed by atoms with Crippen molar-refractivity contribution >= 4 is 10.2 Å². The Morgan fingerprint density at radius 2 is 1.89 bits per heavy atom. The molecule has 2 aliphatic carbocycles. The van der Waals surface area contributed by atoms with Crippen molar-refractivity contribution in [1.82, 2.24) is 9.03 Å². The van der Waals surface area contributed by atoms with Crippen LogP contribution >= 0.6 is 0 Å². The van der Waals surface area contributed by atoms with E-state index in [2.05, 4.69) is 16.9 Å². The molecule has 2 unspecified atom stereocenters. The van der Waals surface area contributed by atoms with Crippen LogP contribution in [0.25, 0.3) is 0 Å². The Morgan fingerprint density at radius 1 is 1.26 bits per heavy atom. The van der Waals surface area contributed by atoms with Crippen LogP contribution < -0.4 is 4.72 Å². The minimum atomic E-state index is -3.28. The van der Waals surface area contributed by atoms with E-state index >= 15 is 0 Å². The summed E-state index contributed by atoms with van der Waals surface area (Å²) in [5.74, 6) is 0.990. The molecule has 0 radical (unpaired) electrons. The molecule has 2 bridgehead atoms. The highest BCUT2D eigenvalue weighted by atomic mass is 32.2. The molecule has 1 aliphatic heterocycles. The van der Waals surface area contributed by atoms with Crippen LogP contribution in [0.4, 0.5) is 0 Å². The minimum absolute atomic E-state index is 0.160. The van der Waals surface area contributed by atoms with Crippen LogP contribution in [-0.2, 0) is 10.2 Å². The first-order valence-electron chi connectivity index (χ1n) is 7.52. The van der Waals surface area contributed by atoms with E-state index in [9.17, 15) is 8.42 Å². The Labute approximate surface area is 116 Å². The monoisotopic (exact) mass is 284 g/mol. The summed E-state index contributed by atoms with van der Waals surface area (Å²) in [5.41, 5.74) is -0.160. The average molecular weight is 284 g/mol. The van der Waals surface area contributed by atoms with Crippen molar-refractivity contribution in [3.05, 3.63) is 12.2 Å². The summed E-state index contributed by atoms with van der Waals surface area (Å²) in [6.07, 6.45) is 10.8. The predicted octanol–water partition coefficient (Wildman–Crippen LogP) is 2.05. The molecular weight excluding hydrogens is 260 g/mol. The van der Waals surface area contributed by atoms with Crippen molar-refractivity contribution in [2.75, 3.05) is 13.1 Å². The first-order chi connectivity index (χ1) is 9.08.